The first-order valence-corrected chi connectivity index (χ1v) is 7.14. The van der Waals surface area contributed by atoms with Crippen molar-refractivity contribution < 1.29 is 14.3 Å². The Morgan fingerprint density at radius 2 is 2.05 bits per heavy atom. The smallest absolute Gasteiger partial charge is 0.258 e. The molecule has 3 rings (SSSR count). The first kappa shape index (κ1) is 14.4. The van der Waals surface area contributed by atoms with E-state index < -0.39 is 0 Å². The van der Waals surface area contributed by atoms with Gasteiger partial charge in [0, 0.05) is 12.1 Å². The first-order chi connectivity index (χ1) is 10.7. The fourth-order valence-corrected chi connectivity index (χ4v) is 2.49. The minimum Gasteiger partial charge on any atom is -0.497 e. The third-order valence-corrected chi connectivity index (χ3v) is 3.71. The van der Waals surface area contributed by atoms with Gasteiger partial charge in [-0.2, -0.15) is 0 Å². The van der Waals surface area contributed by atoms with Gasteiger partial charge < -0.3 is 20.1 Å². The molecule has 0 atom stereocenters. The van der Waals surface area contributed by atoms with Gasteiger partial charge in [-0.05, 0) is 42.0 Å². The molecule has 114 valence electrons. The topological polar surface area (TPSA) is 64.8 Å². The molecule has 0 spiro atoms. The molecule has 1 aliphatic heterocycles. The molecule has 2 aromatic carbocycles. The molecular weight excluding hydrogens is 280 g/mol. The van der Waals surface area contributed by atoms with Gasteiger partial charge in [0.05, 0.1) is 19.3 Å². The van der Waals surface area contributed by atoms with Crippen LogP contribution in [0.2, 0.25) is 0 Å². The van der Waals surface area contributed by atoms with E-state index in [1.54, 1.807) is 36.3 Å². The summed E-state index contributed by atoms with van der Waals surface area (Å²) in [7, 11) is 1.60. The van der Waals surface area contributed by atoms with Gasteiger partial charge in [0.1, 0.15) is 18.1 Å². The predicted molar refractivity (Wildman–Crippen MR) is 84.5 cm³/mol. The second-order valence-corrected chi connectivity index (χ2v) is 5.04. The van der Waals surface area contributed by atoms with E-state index in [-0.39, 0.29) is 5.91 Å². The molecule has 2 N–H and O–H groups in total. The maximum Gasteiger partial charge on any atom is 0.258 e. The number of fused-ring (bicyclic) bond motifs is 1. The van der Waals surface area contributed by atoms with E-state index in [1.807, 2.05) is 18.2 Å². The summed E-state index contributed by atoms with van der Waals surface area (Å²) in [5.41, 5.74) is 8.04. The van der Waals surface area contributed by atoms with Gasteiger partial charge in [-0.15, -0.1) is 0 Å². The van der Waals surface area contributed by atoms with Crippen molar-refractivity contribution in [1.82, 2.24) is 0 Å². The molecule has 5 nitrogen and oxygen atoms in total. The maximum atomic E-state index is 12.7. The van der Waals surface area contributed by atoms with Crippen LogP contribution in [-0.2, 0) is 6.54 Å². The molecule has 0 unspecified atom stereocenters. The van der Waals surface area contributed by atoms with E-state index in [9.17, 15) is 4.79 Å². The minimum absolute atomic E-state index is 0.0484. The van der Waals surface area contributed by atoms with E-state index in [1.165, 1.54) is 0 Å². The fourth-order valence-electron chi connectivity index (χ4n) is 2.49. The van der Waals surface area contributed by atoms with Crippen LogP contribution in [0.3, 0.4) is 0 Å². The molecular formula is C17H18N2O3. The normalized spacial score (nSPS) is 13.3. The van der Waals surface area contributed by atoms with E-state index in [0.717, 1.165) is 17.0 Å². The van der Waals surface area contributed by atoms with Gasteiger partial charge >= 0.3 is 0 Å². The largest absolute Gasteiger partial charge is 0.497 e. The standard InChI is InChI=1S/C17H18N2O3/c1-21-14-5-3-13(4-6-14)17(20)19-8-9-22-16-10-12(11-18)2-7-15(16)19/h2-7,10H,8-9,11,18H2,1H3. The maximum absolute atomic E-state index is 12.7. The van der Waals surface area contributed by atoms with Gasteiger partial charge in [-0.3, -0.25) is 4.79 Å². The Morgan fingerprint density at radius 1 is 1.27 bits per heavy atom. The minimum atomic E-state index is -0.0484. The van der Waals surface area contributed by atoms with Crippen molar-refractivity contribution in [2.75, 3.05) is 25.2 Å². The highest BCUT2D eigenvalue weighted by atomic mass is 16.5. The second kappa shape index (κ2) is 6.07. The summed E-state index contributed by atoms with van der Waals surface area (Å²) in [6.45, 7) is 1.45. The number of nitrogens with two attached hydrogens (primary N) is 1. The summed E-state index contributed by atoms with van der Waals surface area (Å²) in [5.74, 6) is 1.38. The monoisotopic (exact) mass is 298 g/mol. The van der Waals surface area contributed by atoms with Crippen LogP contribution in [0.1, 0.15) is 15.9 Å². The lowest BCUT2D eigenvalue weighted by Crippen LogP contribution is -2.38. The molecule has 0 aliphatic carbocycles. The summed E-state index contributed by atoms with van der Waals surface area (Å²) in [4.78, 5) is 14.5. The Kier molecular flexibility index (Phi) is 3.98. The molecule has 0 saturated carbocycles. The fraction of sp³-hybridized carbons (Fsp3) is 0.235. The number of carbonyl (C=O) groups is 1. The number of anilines is 1. The SMILES string of the molecule is COc1ccc(C(=O)N2CCOc3cc(CN)ccc32)cc1. The third-order valence-electron chi connectivity index (χ3n) is 3.71. The molecule has 0 aromatic heterocycles. The van der Waals surface area contributed by atoms with Crippen LogP contribution in [0, 0.1) is 0 Å². The summed E-state index contributed by atoms with van der Waals surface area (Å²) >= 11 is 0. The highest BCUT2D eigenvalue weighted by Crippen LogP contribution is 2.33. The number of nitrogens with zero attached hydrogens (tertiary/aromatic N) is 1. The van der Waals surface area contributed by atoms with E-state index in [4.69, 9.17) is 15.2 Å². The van der Waals surface area contributed by atoms with Gasteiger partial charge in [-0.25, -0.2) is 0 Å². The molecule has 2 aromatic rings. The second-order valence-electron chi connectivity index (χ2n) is 5.04. The van der Waals surface area contributed by atoms with Crippen LogP contribution >= 0.6 is 0 Å². The van der Waals surface area contributed by atoms with Crippen molar-refractivity contribution >= 4 is 11.6 Å². The summed E-state index contributed by atoms with van der Waals surface area (Å²) in [6.07, 6.45) is 0. The van der Waals surface area contributed by atoms with Crippen molar-refractivity contribution in [1.29, 1.82) is 0 Å². The van der Waals surface area contributed by atoms with Crippen LogP contribution in [0.5, 0.6) is 11.5 Å². The number of hydrogen-bond acceptors (Lipinski definition) is 4. The predicted octanol–water partition coefficient (Wildman–Crippen LogP) is 2.19. The van der Waals surface area contributed by atoms with Crippen molar-refractivity contribution in [2.45, 2.75) is 6.54 Å². The van der Waals surface area contributed by atoms with Crippen molar-refractivity contribution in [3.05, 3.63) is 53.6 Å². The molecule has 0 saturated heterocycles. The average Bonchev–Trinajstić information content (AvgIpc) is 2.60. The Balaban J connectivity index is 1.90. The number of methoxy groups -OCH3 is 1. The van der Waals surface area contributed by atoms with Crippen LogP contribution in [0.4, 0.5) is 5.69 Å². The number of rotatable bonds is 3. The van der Waals surface area contributed by atoms with Crippen LogP contribution in [0.15, 0.2) is 42.5 Å². The molecule has 5 heteroatoms. The summed E-state index contributed by atoms with van der Waals surface area (Å²) in [6, 6.07) is 12.8. The number of carbonyl (C=O) groups excluding carboxylic acids is 1. The van der Waals surface area contributed by atoms with Gasteiger partial charge in [0.2, 0.25) is 0 Å². The molecule has 0 radical (unpaired) electrons. The van der Waals surface area contributed by atoms with Crippen molar-refractivity contribution in [3.63, 3.8) is 0 Å². The van der Waals surface area contributed by atoms with Gasteiger partial charge in [-0.1, -0.05) is 6.07 Å². The highest BCUT2D eigenvalue weighted by Gasteiger charge is 2.24. The Hall–Kier alpha value is -2.53. The molecule has 1 amide bonds. The third kappa shape index (κ3) is 2.63. The van der Waals surface area contributed by atoms with E-state index in [2.05, 4.69) is 0 Å². The number of hydrogen-bond donors (Lipinski definition) is 1. The van der Waals surface area contributed by atoms with Crippen LogP contribution in [0.25, 0.3) is 0 Å². The van der Waals surface area contributed by atoms with E-state index >= 15 is 0 Å². The van der Waals surface area contributed by atoms with Crippen LogP contribution < -0.4 is 20.1 Å². The summed E-state index contributed by atoms with van der Waals surface area (Å²) in [5, 5.41) is 0. The summed E-state index contributed by atoms with van der Waals surface area (Å²) < 4.78 is 10.8. The van der Waals surface area contributed by atoms with Crippen molar-refractivity contribution in [2.24, 2.45) is 5.73 Å². The number of benzene rings is 2. The number of ether oxygens (including phenoxy) is 2. The Bertz CT molecular complexity index is 683. The quantitative estimate of drug-likeness (QED) is 0.943. The molecule has 0 bridgehead atoms. The van der Waals surface area contributed by atoms with Crippen LogP contribution in [-0.4, -0.2) is 26.2 Å². The first-order valence-electron chi connectivity index (χ1n) is 7.14. The molecule has 1 heterocycles. The van der Waals surface area contributed by atoms with Crippen molar-refractivity contribution in [3.8, 4) is 11.5 Å². The lowest BCUT2D eigenvalue weighted by Gasteiger charge is -2.30. The van der Waals surface area contributed by atoms with Gasteiger partial charge in [0.15, 0.2) is 0 Å². The Morgan fingerprint density at radius 3 is 2.73 bits per heavy atom. The lowest BCUT2D eigenvalue weighted by atomic mass is 10.1. The Labute approximate surface area is 129 Å². The average molecular weight is 298 g/mol. The zero-order valence-corrected chi connectivity index (χ0v) is 12.4. The molecule has 22 heavy (non-hydrogen) atoms. The van der Waals surface area contributed by atoms with Gasteiger partial charge in [0.25, 0.3) is 5.91 Å². The molecule has 1 aliphatic rings. The zero-order chi connectivity index (χ0) is 15.5. The lowest BCUT2D eigenvalue weighted by molar-refractivity contribution is 0.0976. The zero-order valence-electron chi connectivity index (χ0n) is 12.4. The number of amides is 1. The highest BCUT2D eigenvalue weighted by molar-refractivity contribution is 6.07. The molecule has 0 fully saturated rings. The van der Waals surface area contributed by atoms with E-state index in [0.29, 0.717) is 31.0 Å².